The van der Waals surface area contributed by atoms with Gasteiger partial charge in [0.2, 0.25) is 5.91 Å². The summed E-state index contributed by atoms with van der Waals surface area (Å²) in [5, 5.41) is 4.20. The first-order chi connectivity index (χ1) is 13.1. The van der Waals surface area contributed by atoms with Crippen molar-refractivity contribution in [1.29, 1.82) is 0 Å². The number of piperazine rings is 1. The van der Waals surface area contributed by atoms with Gasteiger partial charge in [0.1, 0.15) is 18.4 Å². The Balaban J connectivity index is 1.80. The van der Waals surface area contributed by atoms with Crippen molar-refractivity contribution >= 4 is 46.1 Å². The molecule has 1 aliphatic heterocycles. The summed E-state index contributed by atoms with van der Waals surface area (Å²) < 4.78 is 14.3. The maximum absolute atomic E-state index is 14.3. The molecule has 3 aromatic rings. The monoisotopic (exact) mass is 400 g/mol. The van der Waals surface area contributed by atoms with Gasteiger partial charge in [0.15, 0.2) is 0 Å². The molecule has 1 aliphatic rings. The van der Waals surface area contributed by atoms with Crippen molar-refractivity contribution in [2.75, 3.05) is 16.3 Å². The summed E-state index contributed by atoms with van der Waals surface area (Å²) in [7, 11) is 0. The first-order valence-electron chi connectivity index (χ1n) is 8.22. The Kier molecular flexibility index (Phi) is 4.68. The van der Waals surface area contributed by atoms with E-state index in [4.69, 9.17) is 11.6 Å². The molecule has 136 valence electrons. The van der Waals surface area contributed by atoms with Crippen LogP contribution in [-0.2, 0) is 9.59 Å². The molecule has 2 amide bonds. The quantitative estimate of drug-likeness (QED) is 0.641. The van der Waals surface area contributed by atoms with E-state index in [-0.39, 0.29) is 24.0 Å². The molecular weight excluding hydrogens is 387 g/mol. The van der Waals surface area contributed by atoms with E-state index in [1.807, 2.05) is 10.8 Å². The van der Waals surface area contributed by atoms with Gasteiger partial charge in [-0.25, -0.2) is 4.39 Å². The number of hydrogen-bond donors (Lipinski definition) is 0. The van der Waals surface area contributed by atoms with Gasteiger partial charge in [0, 0.05) is 10.7 Å². The Morgan fingerprint density at radius 3 is 2.44 bits per heavy atom. The van der Waals surface area contributed by atoms with E-state index >= 15 is 0 Å². The number of para-hydroxylation sites is 1. The van der Waals surface area contributed by atoms with Crippen LogP contribution in [0.3, 0.4) is 0 Å². The second kappa shape index (κ2) is 7.13. The van der Waals surface area contributed by atoms with Crippen LogP contribution in [0.2, 0.25) is 5.02 Å². The maximum atomic E-state index is 14.3. The molecule has 0 bridgehead atoms. The number of benzene rings is 2. The van der Waals surface area contributed by atoms with Gasteiger partial charge in [-0.1, -0.05) is 23.7 Å². The van der Waals surface area contributed by atoms with Crippen molar-refractivity contribution in [2.45, 2.75) is 6.04 Å². The van der Waals surface area contributed by atoms with Crippen LogP contribution in [0.5, 0.6) is 0 Å². The number of thiophene rings is 1. The number of rotatable bonds is 3. The van der Waals surface area contributed by atoms with Crippen LogP contribution in [-0.4, -0.2) is 18.4 Å². The molecule has 4 nitrogen and oxygen atoms in total. The van der Waals surface area contributed by atoms with E-state index < -0.39 is 11.9 Å². The van der Waals surface area contributed by atoms with Crippen LogP contribution in [0.4, 0.5) is 15.8 Å². The lowest BCUT2D eigenvalue weighted by Gasteiger charge is -2.40. The summed E-state index contributed by atoms with van der Waals surface area (Å²) in [4.78, 5) is 29.0. The van der Waals surface area contributed by atoms with Crippen LogP contribution in [0.15, 0.2) is 65.4 Å². The third-order valence-electron chi connectivity index (χ3n) is 4.43. The van der Waals surface area contributed by atoms with Gasteiger partial charge in [-0.3, -0.25) is 19.4 Å². The third-order valence-corrected chi connectivity index (χ3v) is 5.38. The number of carbonyl (C=O) groups excluding carboxylic acids is 2. The highest BCUT2D eigenvalue weighted by Crippen LogP contribution is 2.36. The van der Waals surface area contributed by atoms with Crippen LogP contribution in [0.25, 0.3) is 0 Å². The number of amides is 2. The van der Waals surface area contributed by atoms with Gasteiger partial charge in [-0.15, -0.1) is 0 Å². The van der Waals surface area contributed by atoms with E-state index in [1.165, 1.54) is 33.3 Å². The lowest BCUT2D eigenvalue weighted by Crippen LogP contribution is -2.56. The van der Waals surface area contributed by atoms with Crippen LogP contribution in [0, 0.1) is 5.82 Å². The molecule has 0 aliphatic carbocycles. The summed E-state index contributed by atoms with van der Waals surface area (Å²) in [6, 6.07) is 13.6. The Labute approximate surface area is 164 Å². The van der Waals surface area contributed by atoms with Crippen LogP contribution < -0.4 is 9.80 Å². The van der Waals surface area contributed by atoms with E-state index in [1.54, 1.807) is 42.5 Å². The fourth-order valence-corrected chi connectivity index (χ4v) is 3.99. The topological polar surface area (TPSA) is 40.6 Å². The normalized spacial score (nSPS) is 17.5. The second-order valence-corrected chi connectivity index (χ2v) is 7.29. The zero-order valence-electron chi connectivity index (χ0n) is 14.0. The van der Waals surface area contributed by atoms with Gasteiger partial charge in [-0.2, -0.15) is 11.3 Å². The van der Waals surface area contributed by atoms with Crippen molar-refractivity contribution in [3.05, 3.63) is 81.8 Å². The highest BCUT2D eigenvalue weighted by molar-refractivity contribution is 7.08. The van der Waals surface area contributed by atoms with Crippen molar-refractivity contribution < 1.29 is 14.0 Å². The molecule has 0 saturated carbocycles. The second-order valence-electron chi connectivity index (χ2n) is 6.08. The average Bonchev–Trinajstić information content (AvgIpc) is 3.19. The van der Waals surface area contributed by atoms with E-state index in [2.05, 4.69) is 0 Å². The Morgan fingerprint density at radius 1 is 1.04 bits per heavy atom. The van der Waals surface area contributed by atoms with Crippen molar-refractivity contribution in [2.24, 2.45) is 0 Å². The summed E-state index contributed by atoms with van der Waals surface area (Å²) in [5.74, 6) is -1.19. The third kappa shape index (κ3) is 3.22. The number of carbonyl (C=O) groups is 2. The highest BCUT2D eigenvalue weighted by Gasteiger charge is 2.42. The Hall–Kier alpha value is -2.70. The Bertz CT molecular complexity index is 991. The zero-order chi connectivity index (χ0) is 19.0. The smallest absolute Gasteiger partial charge is 0.255 e. The molecule has 4 rings (SSSR count). The fourth-order valence-electron chi connectivity index (χ4n) is 3.18. The summed E-state index contributed by atoms with van der Waals surface area (Å²) in [6.07, 6.45) is 0. The fraction of sp³-hybridized carbons (Fsp3) is 0.100. The molecule has 2 aromatic carbocycles. The molecule has 0 spiro atoms. The molecule has 0 radical (unpaired) electrons. The van der Waals surface area contributed by atoms with Crippen LogP contribution in [0.1, 0.15) is 11.6 Å². The van der Waals surface area contributed by atoms with Crippen LogP contribution >= 0.6 is 22.9 Å². The molecule has 1 fully saturated rings. The number of halogens is 2. The molecular formula is C20H14ClFN2O2S. The predicted octanol–water partition coefficient (Wildman–Crippen LogP) is 4.66. The molecule has 7 heteroatoms. The largest absolute Gasteiger partial charge is 0.298 e. The molecule has 0 unspecified atom stereocenters. The highest BCUT2D eigenvalue weighted by atomic mass is 35.5. The average molecular weight is 401 g/mol. The minimum atomic E-state index is -0.863. The lowest BCUT2D eigenvalue weighted by molar-refractivity contribution is -0.128. The summed E-state index contributed by atoms with van der Waals surface area (Å²) >= 11 is 7.39. The molecule has 0 N–H and O–H groups in total. The molecule has 1 atom stereocenters. The number of nitrogens with zero attached hydrogens (tertiary/aromatic N) is 2. The first-order valence-corrected chi connectivity index (χ1v) is 9.54. The zero-order valence-corrected chi connectivity index (χ0v) is 15.6. The van der Waals surface area contributed by atoms with E-state index in [9.17, 15) is 14.0 Å². The number of anilines is 2. The standard InChI is InChI=1S/C20H14ClFN2O2S/c21-14-5-7-15(8-6-14)24-18(25)11-23(17-4-2-1-3-16(17)22)20(26)19(24)13-9-10-27-12-13/h1-10,12,19H,11H2/t19-/m0/s1. The molecule has 1 saturated heterocycles. The minimum absolute atomic E-state index is 0.104. The molecule has 27 heavy (non-hydrogen) atoms. The number of hydrogen-bond acceptors (Lipinski definition) is 3. The van der Waals surface area contributed by atoms with Crippen molar-refractivity contribution in [1.82, 2.24) is 0 Å². The SMILES string of the molecule is O=C1[C@H](c2ccsc2)N(c2ccc(Cl)cc2)C(=O)CN1c1ccccc1F. The maximum Gasteiger partial charge on any atom is 0.255 e. The predicted molar refractivity (Wildman–Crippen MR) is 105 cm³/mol. The first kappa shape index (κ1) is 17.7. The van der Waals surface area contributed by atoms with Gasteiger partial charge in [0.05, 0.1) is 5.69 Å². The molecule has 1 aromatic heterocycles. The van der Waals surface area contributed by atoms with Crippen molar-refractivity contribution in [3.63, 3.8) is 0 Å². The molecule has 2 heterocycles. The van der Waals surface area contributed by atoms with E-state index in [0.717, 1.165) is 0 Å². The van der Waals surface area contributed by atoms with E-state index in [0.29, 0.717) is 16.3 Å². The van der Waals surface area contributed by atoms with Gasteiger partial charge in [0.25, 0.3) is 5.91 Å². The van der Waals surface area contributed by atoms with Gasteiger partial charge >= 0.3 is 0 Å². The lowest BCUT2D eigenvalue weighted by atomic mass is 10.0. The summed E-state index contributed by atoms with van der Waals surface area (Å²) in [5.41, 5.74) is 1.36. The van der Waals surface area contributed by atoms with Gasteiger partial charge in [-0.05, 0) is 58.8 Å². The van der Waals surface area contributed by atoms with Gasteiger partial charge < -0.3 is 0 Å². The Morgan fingerprint density at radius 2 is 1.78 bits per heavy atom. The minimum Gasteiger partial charge on any atom is -0.298 e. The summed E-state index contributed by atoms with van der Waals surface area (Å²) in [6.45, 7) is -0.233. The van der Waals surface area contributed by atoms with Crippen molar-refractivity contribution in [3.8, 4) is 0 Å².